The molecule has 0 bridgehead atoms. The van der Waals surface area contributed by atoms with Crippen molar-refractivity contribution < 1.29 is 4.79 Å². The van der Waals surface area contributed by atoms with Crippen LogP contribution in [0.2, 0.25) is 0 Å². The SMILES string of the molecule is Cc1ccc(-n2nc(C)c(C(=O)NC3CC3)n2)c(C)c1. The molecule has 0 atom stereocenters. The van der Waals surface area contributed by atoms with Crippen molar-refractivity contribution in [1.82, 2.24) is 20.3 Å². The number of nitrogens with zero attached hydrogens (tertiary/aromatic N) is 3. The van der Waals surface area contributed by atoms with Crippen molar-refractivity contribution in [2.24, 2.45) is 0 Å². The standard InChI is InChI=1S/C15H18N4O/c1-9-4-7-13(10(2)8-9)19-17-11(3)14(18-19)15(20)16-12-5-6-12/h4,7-8,12H,5-6H2,1-3H3,(H,16,20). The maximum Gasteiger partial charge on any atom is 0.273 e. The van der Waals surface area contributed by atoms with E-state index >= 15 is 0 Å². The molecule has 0 aliphatic heterocycles. The first-order chi connectivity index (χ1) is 9.54. The summed E-state index contributed by atoms with van der Waals surface area (Å²) in [5.74, 6) is -0.124. The van der Waals surface area contributed by atoms with E-state index in [9.17, 15) is 4.79 Å². The number of nitrogens with one attached hydrogen (secondary N) is 1. The summed E-state index contributed by atoms with van der Waals surface area (Å²) in [5, 5.41) is 11.7. The highest BCUT2D eigenvalue weighted by Gasteiger charge is 2.26. The van der Waals surface area contributed by atoms with Gasteiger partial charge in [0.1, 0.15) is 0 Å². The third kappa shape index (κ3) is 2.43. The van der Waals surface area contributed by atoms with Crippen LogP contribution in [-0.2, 0) is 0 Å². The Morgan fingerprint density at radius 2 is 2.00 bits per heavy atom. The van der Waals surface area contributed by atoms with E-state index in [1.807, 2.05) is 32.9 Å². The lowest BCUT2D eigenvalue weighted by atomic mass is 10.1. The fourth-order valence-corrected chi connectivity index (χ4v) is 2.21. The molecule has 1 aliphatic carbocycles. The van der Waals surface area contributed by atoms with Gasteiger partial charge in [0.25, 0.3) is 5.91 Å². The smallest absolute Gasteiger partial charge is 0.273 e. The van der Waals surface area contributed by atoms with Gasteiger partial charge in [-0.25, -0.2) is 0 Å². The molecule has 1 N–H and O–H groups in total. The van der Waals surface area contributed by atoms with E-state index in [4.69, 9.17) is 0 Å². The van der Waals surface area contributed by atoms with Gasteiger partial charge in [-0.2, -0.15) is 9.90 Å². The number of rotatable bonds is 3. The summed E-state index contributed by atoms with van der Waals surface area (Å²) in [4.78, 5) is 13.6. The van der Waals surface area contributed by atoms with E-state index in [0.717, 1.165) is 24.1 Å². The molecule has 1 fully saturated rings. The van der Waals surface area contributed by atoms with Gasteiger partial charge in [0.15, 0.2) is 5.69 Å². The number of carbonyl (C=O) groups excluding carboxylic acids is 1. The van der Waals surface area contributed by atoms with Crippen molar-refractivity contribution in [1.29, 1.82) is 0 Å². The molecule has 1 aliphatic rings. The molecule has 1 amide bonds. The van der Waals surface area contributed by atoms with Crippen molar-refractivity contribution >= 4 is 5.91 Å². The van der Waals surface area contributed by atoms with E-state index in [2.05, 4.69) is 21.6 Å². The molecule has 0 unspecified atom stereocenters. The minimum absolute atomic E-state index is 0.124. The molecule has 0 saturated heterocycles. The third-order valence-electron chi connectivity index (χ3n) is 3.48. The zero-order chi connectivity index (χ0) is 14.3. The third-order valence-corrected chi connectivity index (χ3v) is 3.48. The fourth-order valence-electron chi connectivity index (χ4n) is 2.21. The average molecular weight is 270 g/mol. The lowest BCUT2D eigenvalue weighted by Crippen LogP contribution is -2.26. The fraction of sp³-hybridized carbons (Fsp3) is 0.400. The Balaban J connectivity index is 1.92. The van der Waals surface area contributed by atoms with E-state index in [0.29, 0.717) is 17.4 Å². The maximum absolute atomic E-state index is 12.1. The zero-order valence-electron chi connectivity index (χ0n) is 12.0. The van der Waals surface area contributed by atoms with E-state index in [1.54, 1.807) is 4.80 Å². The highest BCUT2D eigenvalue weighted by molar-refractivity contribution is 5.93. The van der Waals surface area contributed by atoms with Gasteiger partial charge in [-0.15, -0.1) is 5.10 Å². The summed E-state index contributed by atoms with van der Waals surface area (Å²) < 4.78 is 0. The number of carbonyl (C=O) groups is 1. The van der Waals surface area contributed by atoms with Crippen LogP contribution < -0.4 is 5.32 Å². The molecule has 1 saturated carbocycles. The summed E-state index contributed by atoms with van der Waals surface area (Å²) in [6.07, 6.45) is 2.13. The van der Waals surface area contributed by atoms with Gasteiger partial charge in [0, 0.05) is 6.04 Å². The number of hydrogen-bond donors (Lipinski definition) is 1. The molecule has 3 rings (SSSR count). The van der Waals surface area contributed by atoms with Crippen molar-refractivity contribution in [3.63, 3.8) is 0 Å². The summed E-state index contributed by atoms with van der Waals surface area (Å²) in [7, 11) is 0. The van der Waals surface area contributed by atoms with Crippen LogP contribution in [0.1, 0.15) is 40.2 Å². The van der Waals surface area contributed by atoms with Crippen LogP contribution >= 0.6 is 0 Å². The van der Waals surface area contributed by atoms with Crippen molar-refractivity contribution in [2.75, 3.05) is 0 Å². The van der Waals surface area contributed by atoms with Gasteiger partial charge in [0.05, 0.1) is 11.4 Å². The van der Waals surface area contributed by atoms with Gasteiger partial charge in [-0.1, -0.05) is 17.7 Å². The number of benzene rings is 1. The molecule has 2 aromatic rings. The Morgan fingerprint density at radius 1 is 1.25 bits per heavy atom. The highest BCUT2D eigenvalue weighted by atomic mass is 16.2. The second kappa shape index (κ2) is 4.74. The Morgan fingerprint density at radius 3 is 2.65 bits per heavy atom. The lowest BCUT2D eigenvalue weighted by Gasteiger charge is -2.05. The minimum atomic E-state index is -0.124. The van der Waals surface area contributed by atoms with E-state index in [1.165, 1.54) is 5.56 Å². The zero-order valence-corrected chi connectivity index (χ0v) is 12.0. The van der Waals surface area contributed by atoms with Crippen molar-refractivity contribution in [3.05, 3.63) is 40.7 Å². The summed E-state index contributed by atoms with van der Waals surface area (Å²) in [5.41, 5.74) is 4.26. The summed E-state index contributed by atoms with van der Waals surface area (Å²) in [6, 6.07) is 6.41. The largest absolute Gasteiger partial charge is 0.348 e. The van der Waals surface area contributed by atoms with Crippen LogP contribution in [-0.4, -0.2) is 26.9 Å². The number of hydrogen-bond acceptors (Lipinski definition) is 3. The van der Waals surface area contributed by atoms with Gasteiger partial charge in [-0.3, -0.25) is 4.79 Å². The van der Waals surface area contributed by atoms with Crippen LogP contribution in [0, 0.1) is 20.8 Å². The van der Waals surface area contributed by atoms with Crippen LogP contribution in [0.5, 0.6) is 0 Å². The quantitative estimate of drug-likeness (QED) is 0.929. The lowest BCUT2D eigenvalue weighted by molar-refractivity contribution is 0.0945. The van der Waals surface area contributed by atoms with Crippen molar-refractivity contribution in [2.45, 2.75) is 39.7 Å². The second-order valence-electron chi connectivity index (χ2n) is 5.46. The topological polar surface area (TPSA) is 59.8 Å². The predicted octanol–water partition coefficient (Wildman–Crippen LogP) is 2.08. The molecule has 0 radical (unpaired) electrons. The van der Waals surface area contributed by atoms with Crippen LogP contribution in [0.25, 0.3) is 5.69 Å². The minimum Gasteiger partial charge on any atom is -0.348 e. The Kier molecular flexibility index (Phi) is 3.04. The Bertz CT molecular complexity index is 671. The first-order valence-electron chi connectivity index (χ1n) is 6.87. The molecule has 5 heteroatoms. The molecule has 20 heavy (non-hydrogen) atoms. The molecule has 1 heterocycles. The van der Waals surface area contributed by atoms with Gasteiger partial charge in [0.2, 0.25) is 0 Å². The van der Waals surface area contributed by atoms with Crippen molar-refractivity contribution in [3.8, 4) is 5.69 Å². The molecule has 1 aromatic carbocycles. The number of amides is 1. The molecule has 5 nitrogen and oxygen atoms in total. The summed E-state index contributed by atoms with van der Waals surface area (Å²) in [6.45, 7) is 5.88. The second-order valence-corrected chi connectivity index (χ2v) is 5.46. The van der Waals surface area contributed by atoms with Gasteiger partial charge >= 0.3 is 0 Å². The highest BCUT2D eigenvalue weighted by Crippen LogP contribution is 2.20. The molecule has 0 spiro atoms. The Hall–Kier alpha value is -2.17. The molecular formula is C15H18N4O. The van der Waals surface area contributed by atoms with Gasteiger partial charge in [-0.05, 0) is 45.2 Å². The first-order valence-corrected chi connectivity index (χ1v) is 6.87. The van der Waals surface area contributed by atoms with Crippen LogP contribution in [0.4, 0.5) is 0 Å². The molecule has 1 aromatic heterocycles. The molecular weight excluding hydrogens is 252 g/mol. The predicted molar refractivity (Wildman–Crippen MR) is 76.1 cm³/mol. The van der Waals surface area contributed by atoms with Crippen LogP contribution in [0.15, 0.2) is 18.2 Å². The molecule has 104 valence electrons. The van der Waals surface area contributed by atoms with E-state index < -0.39 is 0 Å². The Labute approximate surface area is 118 Å². The number of aromatic nitrogens is 3. The number of aryl methyl sites for hydroxylation is 3. The first kappa shape index (κ1) is 12.8. The van der Waals surface area contributed by atoms with Gasteiger partial charge < -0.3 is 5.32 Å². The van der Waals surface area contributed by atoms with E-state index in [-0.39, 0.29) is 5.91 Å². The van der Waals surface area contributed by atoms with Crippen LogP contribution in [0.3, 0.4) is 0 Å². The average Bonchev–Trinajstić information content (AvgIpc) is 3.10. The maximum atomic E-state index is 12.1. The summed E-state index contributed by atoms with van der Waals surface area (Å²) >= 11 is 0. The normalized spacial score (nSPS) is 14.3. The monoisotopic (exact) mass is 270 g/mol.